The molecule has 0 fully saturated rings. The number of carboxylic acid groups (broad SMARTS) is 1. The molecule has 0 aromatic rings. The third-order valence-electron chi connectivity index (χ3n) is 0.982. The highest BCUT2D eigenvalue weighted by Gasteiger charge is 1.97. The topological polar surface area (TPSA) is 89.7 Å². The molecule has 0 heterocycles. The van der Waals surface area contributed by atoms with Gasteiger partial charge < -0.3 is 9.94 Å². The average molecular weight is 193 g/mol. The van der Waals surface area contributed by atoms with Crippen molar-refractivity contribution in [3.05, 3.63) is 10.1 Å². The van der Waals surface area contributed by atoms with E-state index in [1.165, 1.54) is 0 Å². The Morgan fingerprint density at radius 2 is 2.00 bits per heavy atom. The number of carbonyl (C=O) groups is 1. The summed E-state index contributed by atoms with van der Waals surface area (Å²) in [6.45, 7) is 3.97. The van der Waals surface area contributed by atoms with Crippen LogP contribution in [0.25, 0.3) is 0 Å². The Labute approximate surface area is 76.6 Å². The van der Waals surface area contributed by atoms with E-state index in [1.54, 1.807) is 0 Å². The summed E-state index contributed by atoms with van der Waals surface area (Å²) in [4.78, 5) is 23.4. The van der Waals surface area contributed by atoms with Gasteiger partial charge in [0.05, 0.1) is 6.61 Å². The summed E-state index contributed by atoms with van der Waals surface area (Å²) >= 11 is 0. The molecule has 0 aromatic carbocycles. The molecule has 0 spiro atoms. The Morgan fingerprint density at radius 1 is 1.46 bits per heavy atom. The summed E-state index contributed by atoms with van der Waals surface area (Å²) in [5.41, 5.74) is 0. The van der Waals surface area contributed by atoms with Gasteiger partial charge in [-0.1, -0.05) is 13.8 Å². The molecule has 0 rings (SSSR count). The number of hydrogen-bond donors (Lipinski definition) is 1. The van der Waals surface area contributed by atoms with E-state index in [0.717, 1.165) is 0 Å². The maximum Gasteiger partial charge on any atom is 0.303 e. The van der Waals surface area contributed by atoms with Crippen molar-refractivity contribution in [2.24, 2.45) is 0 Å². The van der Waals surface area contributed by atoms with Crippen molar-refractivity contribution in [1.82, 2.24) is 0 Å². The summed E-state index contributed by atoms with van der Waals surface area (Å²) in [7, 11) is 0. The van der Waals surface area contributed by atoms with Crippen molar-refractivity contribution in [1.29, 1.82) is 0 Å². The van der Waals surface area contributed by atoms with E-state index in [0.29, 0.717) is 12.8 Å². The predicted octanol–water partition coefficient (Wildman–Crippen LogP) is 1.48. The van der Waals surface area contributed by atoms with Gasteiger partial charge in [-0.3, -0.25) is 4.79 Å². The van der Waals surface area contributed by atoms with Crippen LogP contribution in [-0.2, 0) is 9.63 Å². The highest BCUT2D eigenvalue weighted by atomic mass is 16.9. The Morgan fingerprint density at radius 3 is 2.38 bits per heavy atom. The fourth-order valence-electron chi connectivity index (χ4n) is 0.517. The first kappa shape index (κ1) is 14.2. The molecule has 0 aliphatic heterocycles. The van der Waals surface area contributed by atoms with Crippen molar-refractivity contribution in [3.63, 3.8) is 0 Å². The van der Waals surface area contributed by atoms with E-state index < -0.39 is 11.1 Å². The highest BCUT2D eigenvalue weighted by Crippen LogP contribution is 1.95. The molecule has 0 aliphatic rings. The van der Waals surface area contributed by atoms with Crippen LogP contribution in [0, 0.1) is 10.1 Å². The Hall–Kier alpha value is -1.33. The van der Waals surface area contributed by atoms with Crippen LogP contribution in [-0.4, -0.2) is 22.8 Å². The maximum atomic E-state index is 9.92. The lowest BCUT2D eigenvalue weighted by atomic mass is 10.2. The van der Waals surface area contributed by atoms with Crippen molar-refractivity contribution in [2.75, 3.05) is 6.61 Å². The molecular weight excluding hydrogens is 178 g/mol. The molecule has 0 saturated heterocycles. The molecule has 0 aliphatic carbocycles. The van der Waals surface area contributed by atoms with Crippen LogP contribution in [0.15, 0.2) is 0 Å². The molecule has 0 amide bonds. The summed E-state index contributed by atoms with van der Waals surface area (Å²) in [6, 6.07) is 0. The first-order chi connectivity index (χ1) is 6.13. The standard InChI is InChI=1S/C5H9NO5.C2H6/c7-5(8)3-1-2-4-11-6(9)10;1-2/h1-4H2,(H,7,8);1-2H3. The van der Waals surface area contributed by atoms with Crippen molar-refractivity contribution >= 4 is 5.97 Å². The second-order valence-electron chi connectivity index (χ2n) is 1.91. The molecule has 0 atom stereocenters. The Kier molecular flexibility index (Phi) is 11.7. The van der Waals surface area contributed by atoms with Crippen molar-refractivity contribution in [2.45, 2.75) is 33.1 Å². The summed E-state index contributed by atoms with van der Waals surface area (Å²) in [5, 5.41) is 16.8. The largest absolute Gasteiger partial charge is 0.481 e. The van der Waals surface area contributed by atoms with Crippen LogP contribution >= 0.6 is 0 Å². The van der Waals surface area contributed by atoms with Gasteiger partial charge in [-0.05, 0) is 12.8 Å². The second-order valence-corrected chi connectivity index (χ2v) is 1.91. The SMILES string of the molecule is CC.O=C(O)CCCCO[N+](=O)[O-]. The van der Waals surface area contributed by atoms with Gasteiger partial charge >= 0.3 is 5.97 Å². The molecule has 78 valence electrons. The molecule has 6 nitrogen and oxygen atoms in total. The monoisotopic (exact) mass is 193 g/mol. The lowest BCUT2D eigenvalue weighted by Crippen LogP contribution is -2.03. The van der Waals surface area contributed by atoms with Gasteiger partial charge in [0.1, 0.15) is 0 Å². The predicted molar refractivity (Wildman–Crippen MR) is 45.8 cm³/mol. The van der Waals surface area contributed by atoms with Crippen molar-refractivity contribution in [3.8, 4) is 0 Å². The minimum absolute atomic E-state index is 0.0275. The van der Waals surface area contributed by atoms with Crippen molar-refractivity contribution < 1.29 is 19.8 Å². The van der Waals surface area contributed by atoms with E-state index in [-0.39, 0.29) is 13.0 Å². The quantitative estimate of drug-likeness (QED) is 0.392. The molecule has 0 radical (unpaired) electrons. The van der Waals surface area contributed by atoms with Crippen LogP contribution in [0.1, 0.15) is 33.1 Å². The fraction of sp³-hybridized carbons (Fsp3) is 0.857. The molecule has 13 heavy (non-hydrogen) atoms. The zero-order chi connectivity index (χ0) is 10.7. The zero-order valence-corrected chi connectivity index (χ0v) is 7.86. The number of carboxylic acids is 1. The number of unbranched alkanes of at least 4 members (excludes halogenated alkanes) is 1. The van der Waals surface area contributed by atoms with Gasteiger partial charge in [-0.25, -0.2) is 0 Å². The molecular formula is C7H15NO5. The highest BCUT2D eigenvalue weighted by molar-refractivity contribution is 5.66. The number of aliphatic carboxylic acids is 1. The molecule has 0 saturated carbocycles. The molecule has 0 aromatic heterocycles. The first-order valence-electron chi connectivity index (χ1n) is 4.12. The van der Waals surface area contributed by atoms with Crippen LogP contribution < -0.4 is 0 Å². The van der Waals surface area contributed by atoms with Gasteiger partial charge in [-0.15, -0.1) is 10.1 Å². The minimum atomic E-state index is -0.897. The van der Waals surface area contributed by atoms with Gasteiger partial charge in [0.2, 0.25) is 0 Å². The Balaban J connectivity index is 0. The first-order valence-corrected chi connectivity index (χ1v) is 4.12. The van der Waals surface area contributed by atoms with Gasteiger partial charge in [0.15, 0.2) is 0 Å². The zero-order valence-electron chi connectivity index (χ0n) is 7.86. The third-order valence-corrected chi connectivity index (χ3v) is 0.982. The van der Waals surface area contributed by atoms with Gasteiger partial charge in [-0.2, -0.15) is 0 Å². The average Bonchev–Trinajstić information content (AvgIpc) is 2.06. The summed E-state index contributed by atoms with van der Waals surface area (Å²) in [5.74, 6) is -0.897. The smallest absolute Gasteiger partial charge is 0.303 e. The van der Waals surface area contributed by atoms with Crippen LogP contribution in [0.3, 0.4) is 0 Å². The number of rotatable bonds is 6. The minimum Gasteiger partial charge on any atom is -0.481 e. The molecule has 6 heteroatoms. The van der Waals surface area contributed by atoms with E-state index in [1.807, 2.05) is 13.8 Å². The Bertz CT molecular complexity index is 132. The summed E-state index contributed by atoms with van der Waals surface area (Å²) in [6.07, 6.45) is 0.831. The van der Waals surface area contributed by atoms with Gasteiger partial charge in [0, 0.05) is 6.42 Å². The van der Waals surface area contributed by atoms with E-state index >= 15 is 0 Å². The van der Waals surface area contributed by atoms with E-state index in [4.69, 9.17) is 5.11 Å². The fourth-order valence-corrected chi connectivity index (χ4v) is 0.517. The van der Waals surface area contributed by atoms with Crippen LogP contribution in [0.2, 0.25) is 0 Å². The second kappa shape index (κ2) is 10.7. The summed E-state index contributed by atoms with van der Waals surface area (Å²) < 4.78 is 0. The third kappa shape index (κ3) is 18.0. The molecule has 0 unspecified atom stereocenters. The van der Waals surface area contributed by atoms with Crippen LogP contribution in [0.4, 0.5) is 0 Å². The lowest BCUT2D eigenvalue weighted by Gasteiger charge is -1.95. The normalized spacial score (nSPS) is 8.15. The van der Waals surface area contributed by atoms with E-state index in [9.17, 15) is 14.9 Å². The van der Waals surface area contributed by atoms with E-state index in [2.05, 4.69) is 4.84 Å². The maximum absolute atomic E-state index is 9.92. The van der Waals surface area contributed by atoms with Gasteiger partial charge in [0.25, 0.3) is 5.09 Å². The number of nitrogens with zero attached hydrogens (tertiary/aromatic N) is 1. The number of hydrogen-bond acceptors (Lipinski definition) is 4. The lowest BCUT2D eigenvalue weighted by molar-refractivity contribution is -0.757. The van der Waals surface area contributed by atoms with Crippen LogP contribution in [0.5, 0.6) is 0 Å². The molecule has 0 bridgehead atoms. The molecule has 1 N–H and O–H groups in total.